The minimum atomic E-state index is -0.259. The van der Waals surface area contributed by atoms with E-state index >= 15 is 0 Å². The van der Waals surface area contributed by atoms with Crippen LogP contribution < -0.4 is 16.0 Å². The van der Waals surface area contributed by atoms with Crippen LogP contribution in [-0.4, -0.2) is 16.9 Å². The first-order valence-electron chi connectivity index (χ1n) is 7.98. The van der Waals surface area contributed by atoms with E-state index in [1.165, 1.54) is 0 Å². The summed E-state index contributed by atoms with van der Waals surface area (Å²) in [5.74, 6) is -0.326. The molecule has 2 aromatic carbocycles. The molecule has 0 bridgehead atoms. The average Bonchev–Trinajstić information content (AvgIpc) is 2.54. The summed E-state index contributed by atoms with van der Waals surface area (Å²) in [5, 5.41) is 8.60. The molecule has 25 heavy (non-hydrogen) atoms. The Kier molecular flexibility index (Phi) is 6.25. The van der Waals surface area contributed by atoms with Gasteiger partial charge in [-0.25, -0.2) is 0 Å². The second-order valence-corrected chi connectivity index (χ2v) is 6.12. The van der Waals surface area contributed by atoms with E-state index in [9.17, 15) is 9.59 Å². The molecule has 3 N–H and O–H groups in total. The van der Waals surface area contributed by atoms with Crippen molar-refractivity contribution in [3.63, 3.8) is 0 Å². The molecule has 0 aliphatic rings. The van der Waals surface area contributed by atoms with Crippen LogP contribution in [0.1, 0.15) is 34.8 Å². The molecule has 5 nitrogen and oxygen atoms in total. The highest BCUT2D eigenvalue weighted by Crippen LogP contribution is 2.15. The van der Waals surface area contributed by atoms with Crippen LogP contribution in [0, 0.1) is 13.8 Å². The normalized spacial score (nSPS) is 10.0. The Balaban J connectivity index is 2.01. The maximum absolute atomic E-state index is 12.3. The molecule has 0 aliphatic heterocycles. The quantitative estimate of drug-likeness (QED) is 0.730. The van der Waals surface area contributed by atoms with Crippen molar-refractivity contribution in [2.75, 3.05) is 10.6 Å². The van der Waals surface area contributed by atoms with Crippen molar-refractivity contribution in [3.05, 3.63) is 59.2 Å². The molecule has 0 saturated heterocycles. The van der Waals surface area contributed by atoms with Gasteiger partial charge in [0.05, 0.1) is 0 Å². The molecule has 0 aliphatic carbocycles. The maximum atomic E-state index is 12.3. The molecule has 2 amide bonds. The van der Waals surface area contributed by atoms with Gasteiger partial charge in [0.2, 0.25) is 5.91 Å². The number of hydrogen-bond donors (Lipinski definition) is 3. The molecule has 0 atom stereocenters. The summed E-state index contributed by atoms with van der Waals surface area (Å²) >= 11 is 5.20. The second kappa shape index (κ2) is 8.39. The number of anilines is 2. The lowest BCUT2D eigenvalue weighted by Crippen LogP contribution is -2.34. The molecule has 0 spiro atoms. The standard InChI is InChI=1S/C19H21N3O2S/c1-4-17(23)20-14-6-5-7-15(11-14)21-19(25)22-18(24)16-9-8-12(2)10-13(16)3/h5-11H,4H2,1-3H3,(H,20,23)(H2,21,22,24,25). The highest BCUT2D eigenvalue weighted by Gasteiger charge is 2.11. The first-order valence-corrected chi connectivity index (χ1v) is 8.39. The highest BCUT2D eigenvalue weighted by atomic mass is 32.1. The van der Waals surface area contributed by atoms with Gasteiger partial charge in [0.15, 0.2) is 5.11 Å². The number of nitrogens with one attached hydrogen (secondary N) is 3. The number of benzene rings is 2. The number of amides is 2. The maximum Gasteiger partial charge on any atom is 0.257 e. The van der Waals surface area contributed by atoms with E-state index in [0.29, 0.717) is 23.4 Å². The van der Waals surface area contributed by atoms with Gasteiger partial charge in [0.25, 0.3) is 5.91 Å². The number of carbonyl (C=O) groups is 2. The smallest absolute Gasteiger partial charge is 0.257 e. The van der Waals surface area contributed by atoms with Crippen molar-refractivity contribution in [3.8, 4) is 0 Å². The minimum Gasteiger partial charge on any atom is -0.332 e. The molecule has 0 unspecified atom stereocenters. The van der Waals surface area contributed by atoms with Crippen molar-refractivity contribution in [1.29, 1.82) is 0 Å². The fourth-order valence-electron chi connectivity index (χ4n) is 2.33. The van der Waals surface area contributed by atoms with E-state index in [-0.39, 0.29) is 16.9 Å². The minimum absolute atomic E-state index is 0.0668. The third-order valence-electron chi connectivity index (χ3n) is 3.58. The zero-order valence-corrected chi connectivity index (χ0v) is 15.3. The lowest BCUT2D eigenvalue weighted by Gasteiger charge is -2.12. The number of aryl methyl sites for hydroxylation is 2. The lowest BCUT2D eigenvalue weighted by atomic mass is 10.1. The zero-order chi connectivity index (χ0) is 18.4. The summed E-state index contributed by atoms with van der Waals surface area (Å²) in [7, 11) is 0. The van der Waals surface area contributed by atoms with Gasteiger partial charge < -0.3 is 10.6 Å². The Morgan fingerprint density at radius 1 is 1.00 bits per heavy atom. The summed E-state index contributed by atoms with van der Waals surface area (Å²) in [4.78, 5) is 23.8. The van der Waals surface area contributed by atoms with Crippen molar-refractivity contribution < 1.29 is 9.59 Å². The molecule has 6 heteroatoms. The molecule has 0 fully saturated rings. The molecule has 130 valence electrons. The largest absolute Gasteiger partial charge is 0.332 e. The third kappa shape index (κ3) is 5.39. The Bertz CT molecular complexity index is 818. The van der Waals surface area contributed by atoms with E-state index in [4.69, 9.17) is 12.2 Å². The lowest BCUT2D eigenvalue weighted by molar-refractivity contribution is -0.115. The van der Waals surface area contributed by atoms with Crippen LogP contribution in [0.4, 0.5) is 11.4 Å². The summed E-state index contributed by atoms with van der Waals surface area (Å²) in [5.41, 5.74) is 3.92. The van der Waals surface area contributed by atoms with E-state index in [0.717, 1.165) is 11.1 Å². The van der Waals surface area contributed by atoms with E-state index in [1.54, 1.807) is 37.3 Å². The molecule has 0 saturated carbocycles. The zero-order valence-electron chi connectivity index (χ0n) is 14.5. The summed E-state index contributed by atoms with van der Waals surface area (Å²) in [6, 6.07) is 12.8. The van der Waals surface area contributed by atoms with Gasteiger partial charge in [-0.2, -0.15) is 0 Å². The molecule has 0 heterocycles. The van der Waals surface area contributed by atoms with Crippen LogP contribution >= 0.6 is 12.2 Å². The first kappa shape index (κ1) is 18.6. The Labute approximate surface area is 152 Å². The van der Waals surface area contributed by atoms with Crippen molar-refractivity contribution in [2.24, 2.45) is 0 Å². The average molecular weight is 355 g/mol. The van der Waals surface area contributed by atoms with Crippen molar-refractivity contribution in [1.82, 2.24) is 5.32 Å². The predicted molar refractivity (Wildman–Crippen MR) is 105 cm³/mol. The summed E-state index contributed by atoms with van der Waals surface area (Å²) in [6.07, 6.45) is 0.405. The fraction of sp³-hybridized carbons (Fsp3) is 0.211. The molecular weight excluding hydrogens is 334 g/mol. The third-order valence-corrected chi connectivity index (χ3v) is 3.78. The summed E-state index contributed by atoms with van der Waals surface area (Å²) in [6.45, 7) is 5.65. The van der Waals surface area contributed by atoms with E-state index in [2.05, 4.69) is 16.0 Å². The number of rotatable bonds is 4. The molecular formula is C19H21N3O2S. The van der Waals surface area contributed by atoms with Crippen molar-refractivity contribution in [2.45, 2.75) is 27.2 Å². The van der Waals surface area contributed by atoms with Crippen LogP contribution in [0.15, 0.2) is 42.5 Å². The molecule has 2 rings (SSSR count). The van der Waals surface area contributed by atoms with Crippen LogP contribution in [0.2, 0.25) is 0 Å². The second-order valence-electron chi connectivity index (χ2n) is 5.71. The van der Waals surface area contributed by atoms with Crippen LogP contribution in [0.25, 0.3) is 0 Å². The molecule has 2 aromatic rings. The fourth-order valence-corrected chi connectivity index (χ4v) is 2.54. The van der Waals surface area contributed by atoms with Crippen LogP contribution in [0.5, 0.6) is 0 Å². The van der Waals surface area contributed by atoms with Gasteiger partial charge in [-0.05, 0) is 55.9 Å². The summed E-state index contributed by atoms with van der Waals surface area (Å²) < 4.78 is 0. The van der Waals surface area contributed by atoms with E-state index < -0.39 is 0 Å². The van der Waals surface area contributed by atoms with Gasteiger partial charge >= 0.3 is 0 Å². The van der Waals surface area contributed by atoms with Crippen molar-refractivity contribution >= 4 is 40.5 Å². The van der Waals surface area contributed by atoms with Crippen LogP contribution in [0.3, 0.4) is 0 Å². The van der Waals surface area contributed by atoms with Gasteiger partial charge in [-0.3, -0.25) is 14.9 Å². The van der Waals surface area contributed by atoms with Gasteiger partial charge in [-0.1, -0.05) is 30.7 Å². The Morgan fingerprint density at radius 2 is 1.68 bits per heavy atom. The number of hydrogen-bond acceptors (Lipinski definition) is 3. The topological polar surface area (TPSA) is 70.2 Å². The van der Waals surface area contributed by atoms with Crippen LogP contribution in [-0.2, 0) is 4.79 Å². The first-order chi connectivity index (χ1) is 11.9. The molecule has 0 radical (unpaired) electrons. The Morgan fingerprint density at radius 3 is 2.32 bits per heavy atom. The number of thiocarbonyl (C=S) groups is 1. The highest BCUT2D eigenvalue weighted by molar-refractivity contribution is 7.80. The Hall–Kier alpha value is -2.73. The van der Waals surface area contributed by atoms with Gasteiger partial charge in [0, 0.05) is 23.4 Å². The SMILES string of the molecule is CCC(=O)Nc1cccc(NC(=S)NC(=O)c2ccc(C)cc2C)c1. The predicted octanol–water partition coefficient (Wildman–Crippen LogP) is 3.78. The van der Waals surface area contributed by atoms with Gasteiger partial charge in [0.1, 0.15) is 0 Å². The molecule has 0 aromatic heterocycles. The number of carbonyl (C=O) groups excluding carboxylic acids is 2. The van der Waals surface area contributed by atoms with Gasteiger partial charge in [-0.15, -0.1) is 0 Å². The monoisotopic (exact) mass is 355 g/mol. The van der Waals surface area contributed by atoms with E-state index in [1.807, 2.05) is 26.0 Å².